The van der Waals surface area contributed by atoms with Gasteiger partial charge in [-0.25, -0.2) is 0 Å². The summed E-state index contributed by atoms with van der Waals surface area (Å²) in [4.78, 5) is 0. The fourth-order valence-corrected chi connectivity index (χ4v) is 10.8. The minimum atomic E-state index is -2.68. The highest BCUT2D eigenvalue weighted by Gasteiger charge is 2.41. The van der Waals surface area contributed by atoms with Crippen molar-refractivity contribution in [2.24, 2.45) is 0 Å². The minimum Gasteiger partial charge on any atom is -0.149 e. The summed E-state index contributed by atoms with van der Waals surface area (Å²) in [7, 11) is -4.14. The summed E-state index contributed by atoms with van der Waals surface area (Å²) < 4.78 is 0. The molecule has 0 atom stereocenters. The maximum Gasteiger partial charge on any atom is 0.248 e. The zero-order valence-electron chi connectivity index (χ0n) is 19.1. The van der Waals surface area contributed by atoms with Crippen molar-refractivity contribution < 1.29 is 0 Å². The third-order valence-electron chi connectivity index (χ3n) is 5.87. The molecule has 0 fully saturated rings. The van der Waals surface area contributed by atoms with Gasteiger partial charge in [-0.05, 0) is 61.3 Å². The molecule has 0 amide bonds. The van der Waals surface area contributed by atoms with Crippen molar-refractivity contribution in [1.82, 2.24) is 0 Å². The topological polar surface area (TPSA) is 0 Å². The van der Waals surface area contributed by atoms with Gasteiger partial charge in [0.05, 0.1) is 8.07 Å². The molecule has 3 heteroatoms. The average molecular weight is 437 g/mol. The number of rotatable bonds is 4. The smallest absolute Gasteiger partial charge is 0.149 e. The van der Waals surface area contributed by atoms with Crippen molar-refractivity contribution in [3.8, 4) is 0 Å². The molecule has 0 aliphatic carbocycles. The standard InChI is InChI=1S/C26H33ClSi2/c1-18-9-11-21(4)25(15-18)29(27,26-16-19(2)10-12-22(26)5)24-14-20(3)13-23(17-24)28(6,7)8/h9-17H,1-8H3. The molecule has 0 aromatic heterocycles. The Balaban J connectivity index is 2.44. The Labute approximate surface area is 183 Å². The summed E-state index contributed by atoms with van der Waals surface area (Å²) in [6, 6.07) is 20.6. The predicted molar refractivity (Wildman–Crippen MR) is 136 cm³/mol. The number of hydrogen-bond donors (Lipinski definition) is 0. The van der Waals surface area contributed by atoms with E-state index in [9.17, 15) is 0 Å². The molecule has 0 aliphatic heterocycles. The predicted octanol–water partition coefficient (Wildman–Crippen LogP) is 4.98. The average Bonchev–Trinajstić information content (AvgIpc) is 2.64. The Bertz CT molecular complexity index is 1010. The Kier molecular flexibility index (Phi) is 6.02. The SMILES string of the molecule is Cc1cc([Si](C)(C)C)cc([Si](Cl)(c2cc(C)ccc2C)c2cc(C)ccc2C)c1. The molecule has 3 aromatic rings. The van der Waals surface area contributed by atoms with E-state index in [-0.39, 0.29) is 0 Å². The fraction of sp³-hybridized carbons (Fsp3) is 0.308. The molecule has 0 nitrogen and oxygen atoms in total. The molecular weight excluding hydrogens is 404 g/mol. The number of benzene rings is 3. The molecule has 29 heavy (non-hydrogen) atoms. The molecule has 3 aromatic carbocycles. The van der Waals surface area contributed by atoms with Gasteiger partial charge in [0, 0.05) is 0 Å². The van der Waals surface area contributed by atoms with Crippen LogP contribution < -0.4 is 20.7 Å². The lowest BCUT2D eigenvalue weighted by Gasteiger charge is -2.32. The van der Waals surface area contributed by atoms with Gasteiger partial charge in [0.2, 0.25) is 7.38 Å². The van der Waals surface area contributed by atoms with Crippen LogP contribution >= 0.6 is 11.1 Å². The summed E-state index contributed by atoms with van der Waals surface area (Å²) in [5, 5.41) is 5.44. The minimum absolute atomic E-state index is 1.27. The summed E-state index contributed by atoms with van der Waals surface area (Å²) in [5.41, 5.74) is 6.43. The lowest BCUT2D eigenvalue weighted by Crippen LogP contribution is -2.65. The zero-order chi connectivity index (χ0) is 21.6. The van der Waals surface area contributed by atoms with Crippen molar-refractivity contribution in [1.29, 1.82) is 0 Å². The molecule has 0 N–H and O–H groups in total. The van der Waals surface area contributed by atoms with Gasteiger partial charge in [0.15, 0.2) is 0 Å². The van der Waals surface area contributed by atoms with Crippen LogP contribution in [0.5, 0.6) is 0 Å². The van der Waals surface area contributed by atoms with Crippen LogP contribution in [0.4, 0.5) is 0 Å². The van der Waals surface area contributed by atoms with Crippen molar-refractivity contribution in [3.63, 3.8) is 0 Å². The van der Waals surface area contributed by atoms with Crippen LogP contribution in [-0.2, 0) is 0 Å². The molecule has 3 rings (SSSR count). The monoisotopic (exact) mass is 436 g/mol. The van der Waals surface area contributed by atoms with E-state index in [0.29, 0.717) is 0 Å². The Morgan fingerprint density at radius 1 is 0.552 bits per heavy atom. The number of halogens is 1. The highest BCUT2D eigenvalue weighted by Crippen LogP contribution is 2.19. The molecule has 0 heterocycles. The Morgan fingerprint density at radius 2 is 1.00 bits per heavy atom. The van der Waals surface area contributed by atoms with E-state index in [1.807, 2.05) is 0 Å². The maximum absolute atomic E-state index is 7.92. The quantitative estimate of drug-likeness (QED) is 0.307. The molecule has 0 saturated heterocycles. The summed E-state index contributed by atoms with van der Waals surface area (Å²) in [5.74, 6) is 0. The van der Waals surface area contributed by atoms with E-state index < -0.39 is 15.5 Å². The van der Waals surface area contributed by atoms with Gasteiger partial charge in [-0.2, -0.15) is 0 Å². The van der Waals surface area contributed by atoms with Crippen molar-refractivity contribution in [2.75, 3.05) is 0 Å². The van der Waals surface area contributed by atoms with E-state index >= 15 is 0 Å². The highest BCUT2D eigenvalue weighted by molar-refractivity contribution is 7.40. The molecular formula is C26H33ClSi2. The molecule has 152 valence electrons. The highest BCUT2D eigenvalue weighted by atomic mass is 35.6. The van der Waals surface area contributed by atoms with E-state index in [1.54, 1.807) is 0 Å². The summed E-state index contributed by atoms with van der Waals surface area (Å²) in [6.45, 7) is 18.2. The van der Waals surface area contributed by atoms with Crippen molar-refractivity contribution >= 4 is 47.3 Å². The van der Waals surface area contributed by atoms with E-state index in [2.05, 4.69) is 109 Å². The van der Waals surface area contributed by atoms with Gasteiger partial charge in [0.25, 0.3) is 0 Å². The second-order valence-corrected chi connectivity index (χ2v) is 19.4. The normalized spacial score (nSPS) is 12.3. The lowest BCUT2D eigenvalue weighted by molar-refractivity contribution is 1.41. The van der Waals surface area contributed by atoms with E-state index in [1.165, 1.54) is 48.6 Å². The maximum atomic E-state index is 7.92. The van der Waals surface area contributed by atoms with Crippen LogP contribution in [0.15, 0.2) is 54.6 Å². The van der Waals surface area contributed by atoms with Gasteiger partial charge in [-0.3, -0.25) is 0 Å². The largest absolute Gasteiger partial charge is 0.248 e. The Morgan fingerprint density at radius 3 is 1.45 bits per heavy atom. The van der Waals surface area contributed by atoms with E-state index in [4.69, 9.17) is 11.1 Å². The second-order valence-electron chi connectivity index (χ2n) is 9.63. The van der Waals surface area contributed by atoms with Gasteiger partial charge in [-0.15, -0.1) is 11.1 Å². The van der Waals surface area contributed by atoms with Crippen LogP contribution in [0.2, 0.25) is 19.6 Å². The third-order valence-corrected chi connectivity index (χ3v) is 13.4. The van der Waals surface area contributed by atoms with Gasteiger partial charge in [0.1, 0.15) is 0 Å². The lowest BCUT2D eigenvalue weighted by atomic mass is 10.2. The van der Waals surface area contributed by atoms with Crippen molar-refractivity contribution in [3.05, 3.63) is 82.4 Å². The molecule has 0 bridgehead atoms. The molecule has 0 unspecified atom stereocenters. The van der Waals surface area contributed by atoms with Gasteiger partial charge < -0.3 is 0 Å². The van der Waals surface area contributed by atoms with Crippen molar-refractivity contribution in [2.45, 2.75) is 54.3 Å². The van der Waals surface area contributed by atoms with Crippen LogP contribution in [0, 0.1) is 34.6 Å². The first-order valence-corrected chi connectivity index (χ1v) is 16.9. The first-order valence-electron chi connectivity index (χ1n) is 10.4. The third kappa shape index (κ3) is 4.30. The number of hydrogen-bond acceptors (Lipinski definition) is 0. The fourth-order valence-electron chi connectivity index (χ4n) is 4.09. The Hall–Kier alpha value is -1.62. The van der Waals surface area contributed by atoms with Crippen LogP contribution in [0.1, 0.15) is 27.8 Å². The number of aryl methyl sites for hydroxylation is 5. The van der Waals surface area contributed by atoms with Gasteiger partial charge in [-0.1, -0.05) is 96.1 Å². The zero-order valence-corrected chi connectivity index (χ0v) is 21.8. The first-order chi connectivity index (χ1) is 13.4. The first kappa shape index (κ1) is 22.1. The van der Waals surface area contributed by atoms with E-state index in [0.717, 1.165) is 0 Å². The second kappa shape index (κ2) is 7.90. The summed E-state index contributed by atoms with van der Waals surface area (Å²) in [6.07, 6.45) is 0. The van der Waals surface area contributed by atoms with Gasteiger partial charge >= 0.3 is 0 Å². The van der Waals surface area contributed by atoms with Crippen LogP contribution in [0.25, 0.3) is 0 Å². The molecule has 0 saturated carbocycles. The molecule has 0 radical (unpaired) electrons. The van der Waals surface area contributed by atoms with Crippen LogP contribution in [-0.4, -0.2) is 15.5 Å². The summed E-state index contributed by atoms with van der Waals surface area (Å²) >= 11 is 7.92. The molecule has 0 aliphatic rings. The van der Waals surface area contributed by atoms with Crippen LogP contribution in [0.3, 0.4) is 0 Å². The molecule has 0 spiro atoms.